The summed E-state index contributed by atoms with van der Waals surface area (Å²) in [4.78, 5) is 11.4. The van der Waals surface area contributed by atoms with Gasteiger partial charge in [-0.2, -0.15) is 0 Å². The van der Waals surface area contributed by atoms with Gasteiger partial charge in [0.15, 0.2) is 0 Å². The molecule has 1 aliphatic heterocycles. The van der Waals surface area contributed by atoms with Crippen molar-refractivity contribution in [1.29, 1.82) is 0 Å². The highest BCUT2D eigenvalue weighted by Gasteiger charge is 2.37. The molecule has 11 heavy (non-hydrogen) atoms. The largest absolute Gasteiger partial charge is 0.353 e. The summed E-state index contributed by atoms with van der Waals surface area (Å²) in [6, 6.07) is 0. The molecule has 0 aromatic rings. The van der Waals surface area contributed by atoms with Crippen LogP contribution in [0, 0.1) is 5.92 Å². The summed E-state index contributed by atoms with van der Waals surface area (Å²) in [5, 5.41) is 6.09. The number of carbonyl (C=O) groups is 1. The van der Waals surface area contributed by atoms with Crippen LogP contribution >= 0.6 is 0 Å². The van der Waals surface area contributed by atoms with Gasteiger partial charge in [-0.25, -0.2) is 0 Å². The molecule has 1 saturated heterocycles. The standard InChI is InChI=1S/C8H16N2O/c1-6(2)8(3)7(11)9-4-5-10-8/h6,10H,4-5H2,1-3H3,(H,9,11)/t8-/m1/s1. The number of amides is 1. The van der Waals surface area contributed by atoms with Crippen LogP contribution in [0.5, 0.6) is 0 Å². The van der Waals surface area contributed by atoms with E-state index in [0.717, 1.165) is 13.1 Å². The van der Waals surface area contributed by atoms with Gasteiger partial charge in [0.2, 0.25) is 5.91 Å². The molecule has 3 heteroatoms. The zero-order valence-electron chi connectivity index (χ0n) is 7.40. The number of hydrogen-bond acceptors (Lipinski definition) is 2. The van der Waals surface area contributed by atoms with Crippen molar-refractivity contribution < 1.29 is 4.79 Å². The summed E-state index contributed by atoms with van der Waals surface area (Å²) in [7, 11) is 0. The maximum absolute atomic E-state index is 11.4. The van der Waals surface area contributed by atoms with Crippen molar-refractivity contribution in [3.05, 3.63) is 0 Å². The lowest BCUT2D eigenvalue weighted by atomic mass is 9.86. The monoisotopic (exact) mass is 156 g/mol. The molecule has 0 bridgehead atoms. The lowest BCUT2D eigenvalue weighted by Gasteiger charge is -2.37. The molecule has 1 aliphatic rings. The van der Waals surface area contributed by atoms with E-state index in [1.807, 2.05) is 6.92 Å². The van der Waals surface area contributed by atoms with Gasteiger partial charge in [0.1, 0.15) is 0 Å². The third-order valence-corrected chi connectivity index (χ3v) is 2.53. The van der Waals surface area contributed by atoms with Crippen molar-refractivity contribution in [3.8, 4) is 0 Å². The van der Waals surface area contributed by atoms with E-state index >= 15 is 0 Å². The molecule has 0 aliphatic carbocycles. The first-order valence-electron chi connectivity index (χ1n) is 4.10. The lowest BCUT2D eigenvalue weighted by molar-refractivity contribution is -0.130. The lowest BCUT2D eigenvalue weighted by Crippen LogP contribution is -2.64. The summed E-state index contributed by atoms with van der Waals surface area (Å²) in [6.45, 7) is 7.68. The molecule has 0 aromatic carbocycles. The molecular formula is C8H16N2O. The van der Waals surface area contributed by atoms with Crippen molar-refractivity contribution in [1.82, 2.24) is 10.6 Å². The van der Waals surface area contributed by atoms with Crippen LogP contribution in [0.4, 0.5) is 0 Å². The number of hydrogen-bond donors (Lipinski definition) is 2. The Morgan fingerprint density at radius 1 is 1.45 bits per heavy atom. The van der Waals surface area contributed by atoms with Gasteiger partial charge in [0.25, 0.3) is 0 Å². The molecule has 0 spiro atoms. The zero-order chi connectivity index (χ0) is 8.48. The van der Waals surface area contributed by atoms with E-state index in [0.29, 0.717) is 5.92 Å². The van der Waals surface area contributed by atoms with Crippen LogP contribution in [0.15, 0.2) is 0 Å². The predicted octanol–water partition coefficient (Wildman–Crippen LogP) is 0.120. The summed E-state index contributed by atoms with van der Waals surface area (Å²) in [6.07, 6.45) is 0. The molecule has 64 valence electrons. The molecule has 0 saturated carbocycles. The molecular weight excluding hydrogens is 140 g/mol. The fourth-order valence-corrected chi connectivity index (χ4v) is 1.23. The summed E-state index contributed by atoms with van der Waals surface area (Å²) in [5.74, 6) is 0.460. The Morgan fingerprint density at radius 3 is 2.45 bits per heavy atom. The number of rotatable bonds is 1. The first-order chi connectivity index (χ1) is 5.07. The van der Waals surface area contributed by atoms with Crippen molar-refractivity contribution >= 4 is 5.91 Å². The maximum Gasteiger partial charge on any atom is 0.240 e. The van der Waals surface area contributed by atoms with E-state index in [9.17, 15) is 4.79 Å². The van der Waals surface area contributed by atoms with Crippen LogP contribution in [0.1, 0.15) is 20.8 Å². The van der Waals surface area contributed by atoms with Gasteiger partial charge in [-0.3, -0.25) is 4.79 Å². The Balaban J connectivity index is 2.73. The topological polar surface area (TPSA) is 41.1 Å². The van der Waals surface area contributed by atoms with E-state index in [-0.39, 0.29) is 11.4 Å². The Bertz CT molecular complexity index is 167. The minimum Gasteiger partial charge on any atom is -0.353 e. The second-order valence-corrected chi connectivity index (χ2v) is 3.54. The average Bonchev–Trinajstić information content (AvgIpc) is 1.95. The molecule has 0 radical (unpaired) electrons. The predicted molar refractivity (Wildman–Crippen MR) is 44.3 cm³/mol. The van der Waals surface area contributed by atoms with Gasteiger partial charge in [-0.05, 0) is 12.8 Å². The highest BCUT2D eigenvalue weighted by Crippen LogP contribution is 2.17. The van der Waals surface area contributed by atoms with Crippen LogP contribution < -0.4 is 10.6 Å². The van der Waals surface area contributed by atoms with E-state index in [1.165, 1.54) is 0 Å². The smallest absolute Gasteiger partial charge is 0.240 e. The molecule has 1 amide bonds. The van der Waals surface area contributed by atoms with Crippen molar-refractivity contribution in [3.63, 3.8) is 0 Å². The van der Waals surface area contributed by atoms with Gasteiger partial charge < -0.3 is 10.6 Å². The zero-order valence-corrected chi connectivity index (χ0v) is 7.40. The van der Waals surface area contributed by atoms with Gasteiger partial charge in [-0.1, -0.05) is 13.8 Å². The molecule has 0 aromatic heterocycles. The first-order valence-corrected chi connectivity index (χ1v) is 4.10. The average molecular weight is 156 g/mol. The molecule has 1 heterocycles. The van der Waals surface area contributed by atoms with Crippen LogP contribution in [0.3, 0.4) is 0 Å². The van der Waals surface area contributed by atoms with E-state index in [2.05, 4.69) is 24.5 Å². The maximum atomic E-state index is 11.4. The highest BCUT2D eigenvalue weighted by atomic mass is 16.2. The normalized spacial score (nSPS) is 32.2. The quantitative estimate of drug-likeness (QED) is 0.566. The van der Waals surface area contributed by atoms with Crippen LogP contribution in [-0.4, -0.2) is 24.5 Å². The summed E-state index contributed by atoms with van der Waals surface area (Å²) >= 11 is 0. The van der Waals surface area contributed by atoms with E-state index < -0.39 is 0 Å². The number of piperazine rings is 1. The second kappa shape index (κ2) is 2.81. The third kappa shape index (κ3) is 1.38. The SMILES string of the molecule is CC(C)[C@@]1(C)NCCNC1=O. The Morgan fingerprint density at radius 2 is 2.09 bits per heavy atom. The molecule has 1 rings (SSSR count). The molecule has 2 N–H and O–H groups in total. The van der Waals surface area contributed by atoms with Gasteiger partial charge >= 0.3 is 0 Å². The molecule has 1 fully saturated rings. The Hall–Kier alpha value is -0.570. The fraction of sp³-hybridized carbons (Fsp3) is 0.875. The fourth-order valence-electron chi connectivity index (χ4n) is 1.23. The highest BCUT2D eigenvalue weighted by molar-refractivity contribution is 5.86. The molecule has 1 atom stereocenters. The van der Waals surface area contributed by atoms with Crippen molar-refractivity contribution in [2.24, 2.45) is 5.92 Å². The minimum atomic E-state index is -0.363. The third-order valence-electron chi connectivity index (χ3n) is 2.53. The van der Waals surface area contributed by atoms with E-state index in [1.54, 1.807) is 0 Å². The Kier molecular flexibility index (Phi) is 2.18. The molecule has 0 unspecified atom stereocenters. The molecule has 3 nitrogen and oxygen atoms in total. The number of nitrogens with one attached hydrogen (secondary N) is 2. The first kappa shape index (κ1) is 8.53. The minimum absolute atomic E-state index is 0.124. The second-order valence-electron chi connectivity index (χ2n) is 3.54. The van der Waals surface area contributed by atoms with Crippen LogP contribution in [0.2, 0.25) is 0 Å². The van der Waals surface area contributed by atoms with Crippen molar-refractivity contribution in [2.45, 2.75) is 26.3 Å². The van der Waals surface area contributed by atoms with Gasteiger partial charge in [-0.15, -0.1) is 0 Å². The summed E-state index contributed by atoms with van der Waals surface area (Å²) < 4.78 is 0. The van der Waals surface area contributed by atoms with Gasteiger partial charge in [0, 0.05) is 13.1 Å². The summed E-state index contributed by atoms with van der Waals surface area (Å²) in [5.41, 5.74) is -0.363. The van der Waals surface area contributed by atoms with Crippen molar-refractivity contribution in [2.75, 3.05) is 13.1 Å². The van der Waals surface area contributed by atoms with Gasteiger partial charge in [0.05, 0.1) is 5.54 Å². The van der Waals surface area contributed by atoms with Crippen LogP contribution in [0.25, 0.3) is 0 Å². The Labute approximate surface area is 67.5 Å². The number of carbonyl (C=O) groups excluding carboxylic acids is 1. The van der Waals surface area contributed by atoms with E-state index in [4.69, 9.17) is 0 Å². The van der Waals surface area contributed by atoms with Crippen LogP contribution in [-0.2, 0) is 4.79 Å².